The van der Waals surface area contributed by atoms with Gasteiger partial charge in [-0.2, -0.15) is 0 Å². The predicted octanol–water partition coefficient (Wildman–Crippen LogP) is 3.13. The van der Waals surface area contributed by atoms with E-state index in [-0.39, 0.29) is 5.95 Å². The monoisotopic (exact) mass is 308 g/mol. The molecule has 118 valence electrons. The molecule has 0 amide bonds. The second-order valence-electron chi connectivity index (χ2n) is 5.89. The maximum absolute atomic E-state index is 5.55. The first-order valence-electron chi connectivity index (χ1n) is 7.70. The third-order valence-electron chi connectivity index (χ3n) is 3.65. The SMILES string of the molecule is CC(C)CCNc1ncnc2ccc(-c3cnc(N)nc3)cc12. The summed E-state index contributed by atoms with van der Waals surface area (Å²) >= 11 is 0. The van der Waals surface area contributed by atoms with Gasteiger partial charge in [0.1, 0.15) is 12.1 Å². The molecule has 2 aromatic heterocycles. The largest absolute Gasteiger partial charge is 0.369 e. The minimum Gasteiger partial charge on any atom is -0.369 e. The summed E-state index contributed by atoms with van der Waals surface area (Å²) in [4.78, 5) is 16.8. The van der Waals surface area contributed by atoms with Crippen LogP contribution in [0.25, 0.3) is 22.0 Å². The van der Waals surface area contributed by atoms with Crippen molar-refractivity contribution < 1.29 is 0 Å². The highest BCUT2D eigenvalue weighted by Crippen LogP contribution is 2.26. The molecule has 0 fully saturated rings. The van der Waals surface area contributed by atoms with Gasteiger partial charge in [-0.05, 0) is 30.0 Å². The van der Waals surface area contributed by atoms with Crippen LogP contribution in [-0.2, 0) is 0 Å². The van der Waals surface area contributed by atoms with Crippen LogP contribution in [0.3, 0.4) is 0 Å². The molecular weight excluding hydrogens is 288 g/mol. The molecule has 6 heteroatoms. The minimum atomic E-state index is 0.272. The molecule has 3 N–H and O–H groups in total. The molecule has 0 aliphatic heterocycles. The Morgan fingerprint density at radius 1 is 1.04 bits per heavy atom. The standard InChI is InChI=1S/C17H20N6/c1-11(2)5-6-19-16-14-7-12(3-4-15(14)22-10-23-16)13-8-20-17(18)21-9-13/h3-4,7-11H,5-6H2,1-2H3,(H2,18,20,21)(H,19,22,23). The van der Waals surface area contributed by atoms with Crippen molar-refractivity contribution in [1.29, 1.82) is 0 Å². The maximum atomic E-state index is 5.55. The third-order valence-corrected chi connectivity index (χ3v) is 3.65. The Bertz CT molecular complexity index is 798. The lowest BCUT2D eigenvalue weighted by atomic mass is 10.1. The number of anilines is 2. The van der Waals surface area contributed by atoms with Crippen molar-refractivity contribution in [3.63, 3.8) is 0 Å². The van der Waals surface area contributed by atoms with Gasteiger partial charge in [-0.15, -0.1) is 0 Å². The van der Waals surface area contributed by atoms with Crippen molar-refractivity contribution in [3.8, 4) is 11.1 Å². The van der Waals surface area contributed by atoms with E-state index in [1.54, 1.807) is 18.7 Å². The molecule has 0 saturated carbocycles. The fourth-order valence-electron chi connectivity index (χ4n) is 2.34. The first-order chi connectivity index (χ1) is 11.1. The first-order valence-corrected chi connectivity index (χ1v) is 7.70. The molecule has 3 aromatic rings. The highest BCUT2D eigenvalue weighted by Gasteiger charge is 2.07. The molecule has 3 rings (SSSR count). The molecule has 6 nitrogen and oxygen atoms in total. The smallest absolute Gasteiger partial charge is 0.219 e. The van der Waals surface area contributed by atoms with Gasteiger partial charge in [0.05, 0.1) is 5.52 Å². The number of hydrogen-bond acceptors (Lipinski definition) is 6. The van der Waals surface area contributed by atoms with Gasteiger partial charge in [0.15, 0.2) is 0 Å². The second-order valence-corrected chi connectivity index (χ2v) is 5.89. The van der Waals surface area contributed by atoms with Gasteiger partial charge in [-0.3, -0.25) is 0 Å². The Morgan fingerprint density at radius 2 is 1.83 bits per heavy atom. The van der Waals surface area contributed by atoms with E-state index in [1.165, 1.54) is 0 Å². The van der Waals surface area contributed by atoms with Crippen LogP contribution in [0.15, 0.2) is 36.9 Å². The summed E-state index contributed by atoms with van der Waals surface area (Å²) < 4.78 is 0. The van der Waals surface area contributed by atoms with Gasteiger partial charge in [-0.25, -0.2) is 19.9 Å². The van der Waals surface area contributed by atoms with Crippen LogP contribution in [0, 0.1) is 5.92 Å². The summed E-state index contributed by atoms with van der Waals surface area (Å²) in [5.74, 6) is 1.78. The number of nitrogen functional groups attached to an aromatic ring is 1. The molecule has 0 radical (unpaired) electrons. The Morgan fingerprint density at radius 3 is 2.57 bits per heavy atom. The number of nitrogens with one attached hydrogen (secondary N) is 1. The lowest BCUT2D eigenvalue weighted by molar-refractivity contribution is 0.607. The van der Waals surface area contributed by atoms with E-state index in [2.05, 4.69) is 45.2 Å². The summed E-state index contributed by atoms with van der Waals surface area (Å²) in [5, 5.41) is 4.40. The number of aromatic nitrogens is 4. The van der Waals surface area contributed by atoms with Crippen molar-refractivity contribution in [2.45, 2.75) is 20.3 Å². The summed E-state index contributed by atoms with van der Waals surface area (Å²) in [7, 11) is 0. The van der Waals surface area contributed by atoms with Crippen molar-refractivity contribution in [2.75, 3.05) is 17.6 Å². The van der Waals surface area contributed by atoms with Gasteiger partial charge < -0.3 is 11.1 Å². The average Bonchev–Trinajstić information content (AvgIpc) is 2.55. The van der Waals surface area contributed by atoms with E-state index < -0.39 is 0 Å². The maximum Gasteiger partial charge on any atom is 0.219 e. The van der Waals surface area contributed by atoms with Gasteiger partial charge in [0, 0.05) is 29.9 Å². The predicted molar refractivity (Wildman–Crippen MR) is 92.9 cm³/mol. The normalized spacial score (nSPS) is 11.1. The molecule has 0 bridgehead atoms. The zero-order valence-electron chi connectivity index (χ0n) is 13.3. The lowest BCUT2D eigenvalue weighted by Gasteiger charge is -2.10. The van der Waals surface area contributed by atoms with Crippen LogP contribution in [-0.4, -0.2) is 26.5 Å². The molecule has 0 unspecified atom stereocenters. The molecule has 1 aromatic carbocycles. The van der Waals surface area contributed by atoms with Crippen molar-refractivity contribution in [1.82, 2.24) is 19.9 Å². The zero-order chi connectivity index (χ0) is 16.2. The molecular formula is C17H20N6. The van der Waals surface area contributed by atoms with E-state index >= 15 is 0 Å². The van der Waals surface area contributed by atoms with E-state index in [9.17, 15) is 0 Å². The Balaban J connectivity index is 1.95. The van der Waals surface area contributed by atoms with Crippen LogP contribution >= 0.6 is 0 Å². The van der Waals surface area contributed by atoms with E-state index in [4.69, 9.17) is 5.73 Å². The number of rotatable bonds is 5. The summed E-state index contributed by atoms with van der Waals surface area (Å²) in [6, 6.07) is 6.04. The molecule has 0 atom stereocenters. The minimum absolute atomic E-state index is 0.272. The molecule has 2 heterocycles. The Labute approximate surface area is 135 Å². The van der Waals surface area contributed by atoms with Gasteiger partial charge in [-0.1, -0.05) is 19.9 Å². The van der Waals surface area contributed by atoms with Crippen molar-refractivity contribution in [3.05, 3.63) is 36.9 Å². The van der Waals surface area contributed by atoms with Crippen LogP contribution in [0.2, 0.25) is 0 Å². The number of benzene rings is 1. The van der Waals surface area contributed by atoms with Crippen LogP contribution in [0.1, 0.15) is 20.3 Å². The van der Waals surface area contributed by atoms with E-state index in [0.717, 1.165) is 40.8 Å². The zero-order valence-corrected chi connectivity index (χ0v) is 13.3. The number of nitrogens with zero attached hydrogens (tertiary/aromatic N) is 4. The summed E-state index contributed by atoms with van der Waals surface area (Å²) in [6.07, 6.45) is 6.13. The average molecular weight is 308 g/mol. The number of fused-ring (bicyclic) bond motifs is 1. The van der Waals surface area contributed by atoms with E-state index in [0.29, 0.717) is 5.92 Å². The van der Waals surface area contributed by atoms with Crippen molar-refractivity contribution >= 4 is 22.7 Å². The fourth-order valence-corrected chi connectivity index (χ4v) is 2.34. The van der Waals surface area contributed by atoms with Crippen molar-refractivity contribution in [2.24, 2.45) is 5.92 Å². The first kappa shape index (κ1) is 15.1. The van der Waals surface area contributed by atoms with E-state index in [1.807, 2.05) is 12.1 Å². The molecule has 0 spiro atoms. The molecule has 23 heavy (non-hydrogen) atoms. The number of nitrogens with two attached hydrogens (primary N) is 1. The highest BCUT2D eigenvalue weighted by molar-refractivity contribution is 5.92. The Hall–Kier alpha value is -2.76. The summed E-state index contributed by atoms with van der Waals surface area (Å²) in [6.45, 7) is 5.30. The quantitative estimate of drug-likeness (QED) is 0.752. The molecule has 0 saturated heterocycles. The van der Waals surface area contributed by atoms with Crippen LogP contribution in [0.4, 0.5) is 11.8 Å². The van der Waals surface area contributed by atoms with Gasteiger partial charge in [0.25, 0.3) is 0 Å². The fraction of sp³-hybridized carbons (Fsp3) is 0.294. The lowest BCUT2D eigenvalue weighted by Crippen LogP contribution is -2.06. The summed E-state index contributed by atoms with van der Waals surface area (Å²) in [5.41, 5.74) is 8.38. The highest BCUT2D eigenvalue weighted by atomic mass is 15.0. The van der Waals surface area contributed by atoms with Crippen LogP contribution in [0.5, 0.6) is 0 Å². The topological polar surface area (TPSA) is 89.6 Å². The number of hydrogen-bond donors (Lipinski definition) is 2. The van der Waals surface area contributed by atoms with Gasteiger partial charge in [0.2, 0.25) is 5.95 Å². The Kier molecular flexibility index (Phi) is 4.32. The molecule has 0 aliphatic rings. The van der Waals surface area contributed by atoms with Gasteiger partial charge >= 0.3 is 0 Å². The van der Waals surface area contributed by atoms with Crippen LogP contribution < -0.4 is 11.1 Å². The third kappa shape index (κ3) is 3.53. The molecule has 0 aliphatic carbocycles. The second kappa shape index (κ2) is 6.56.